The molecule has 0 aliphatic carbocycles. The number of ketones is 1. The van der Waals surface area contributed by atoms with Gasteiger partial charge in [-0.05, 0) is 31.5 Å². The van der Waals surface area contributed by atoms with Gasteiger partial charge in [0.05, 0.1) is 26.3 Å². The molecular formula is C19H20N2O6S. The number of carbonyl (C=O) groups is 4. The van der Waals surface area contributed by atoms with Crippen molar-refractivity contribution in [2.75, 3.05) is 31.4 Å². The summed E-state index contributed by atoms with van der Waals surface area (Å²) in [7, 11) is 2.44. The number of nitrogens with one attached hydrogen (secondary N) is 2. The smallest absolute Gasteiger partial charge is 0.348 e. The van der Waals surface area contributed by atoms with E-state index in [1.807, 2.05) is 0 Å². The number of esters is 2. The summed E-state index contributed by atoms with van der Waals surface area (Å²) in [5.41, 5.74) is 1.46. The van der Waals surface area contributed by atoms with Crippen molar-refractivity contribution in [3.63, 3.8) is 0 Å². The summed E-state index contributed by atoms with van der Waals surface area (Å²) in [6.45, 7) is 2.87. The highest BCUT2D eigenvalue weighted by molar-refractivity contribution is 7.18. The molecule has 1 amide bonds. The molecule has 28 heavy (non-hydrogen) atoms. The van der Waals surface area contributed by atoms with Crippen molar-refractivity contribution < 1.29 is 28.7 Å². The lowest BCUT2D eigenvalue weighted by Gasteiger charge is -2.10. The Morgan fingerprint density at radius 2 is 1.68 bits per heavy atom. The zero-order chi connectivity index (χ0) is 20.8. The second-order valence-corrected chi connectivity index (χ2v) is 6.77. The zero-order valence-corrected chi connectivity index (χ0v) is 16.7. The number of benzene rings is 1. The van der Waals surface area contributed by atoms with Gasteiger partial charge < -0.3 is 20.1 Å². The van der Waals surface area contributed by atoms with Crippen molar-refractivity contribution in [3.05, 3.63) is 45.8 Å². The summed E-state index contributed by atoms with van der Waals surface area (Å²) in [6, 6.07) is 6.82. The predicted molar refractivity (Wildman–Crippen MR) is 105 cm³/mol. The number of thiophene rings is 1. The number of rotatable bonds is 7. The average Bonchev–Trinajstić information content (AvgIpc) is 3.01. The third-order valence-corrected chi connectivity index (χ3v) is 5.09. The van der Waals surface area contributed by atoms with Gasteiger partial charge >= 0.3 is 11.9 Å². The molecule has 0 saturated heterocycles. The third-order valence-electron chi connectivity index (χ3n) is 3.91. The van der Waals surface area contributed by atoms with Crippen molar-refractivity contribution in [3.8, 4) is 0 Å². The summed E-state index contributed by atoms with van der Waals surface area (Å²) in [5, 5.41) is 5.70. The Labute approximate surface area is 165 Å². The average molecular weight is 404 g/mol. The quantitative estimate of drug-likeness (QED) is 0.539. The van der Waals surface area contributed by atoms with Crippen LogP contribution in [0.15, 0.2) is 24.3 Å². The molecule has 0 bridgehead atoms. The van der Waals surface area contributed by atoms with Crippen LogP contribution in [0.1, 0.15) is 42.9 Å². The normalized spacial score (nSPS) is 10.1. The molecule has 0 atom stereocenters. The fourth-order valence-corrected chi connectivity index (χ4v) is 3.66. The molecule has 0 saturated carbocycles. The first-order chi connectivity index (χ1) is 13.3. The SMILES string of the molecule is COC(=O)c1sc(NC(=O)CNc2ccccc2C(C)=O)c(C(=O)OC)c1C. The predicted octanol–water partition coefficient (Wildman–Crippen LogP) is 2.88. The first-order valence-corrected chi connectivity index (χ1v) is 9.05. The molecule has 0 aliphatic heterocycles. The van der Waals surface area contributed by atoms with Crippen LogP contribution in [-0.4, -0.2) is 44.4 Å². The van der Waals surface area contributed by atoms with E-state index in [2.05, 4.69) is 10.6 Å². The number of hydrogen-bond donors (Lipinski definition) is 2. The molecule has 0 unspecified atom stereocenters. The van der Waals surface area contributed by atoms with E-state index in [-0.39, 0.29) is 27.8 Å². The molecule has 1 heterocycles. The van der Waals surface area contributed by atoms with Crippen LogP contribution in [0.2, 0.25) is 0 Å². The largest absolute Gasteiger partial charge is 0.465 e. The Bertz CT molecular complexity index is 935. The monoisotopic (exact) mass is 404 g/mol. The maximum atomic E-state index is 12.4. The molecule has 8 nitrogen and oxygen atoms in total. The lowest BCUT2D eigenvalue weighted by Crippen LogP contribution is -2.23. The first kappa shape index (κ1) is 21.1. The van der Waals surface area contributed by atoms with Crippen LogP contribution in [0.4, 0.5) is 10.7 Å². The van der Waals surface area contributed by atoms with Crippen molar-refractivity contribution in [1.82, 2.24) is 0 Å². The Morgan fingerprint density at radius 1 is 1.04 bits per heavy atom. The lowest BCUT2D eigenvalue weighted by atomic mass is 10.1. The Hall–Kier alpha value is -3.20. The van der Waals surface area contributed by atoms with E-state index >= 15 is 0 Å². The van der Waals surface area contributed by atoms with Gasteiger partial charge in [-0.15, -0.1) is 11.3 Å². The number of para-hydroxylation sites is 1. The summed E-state index contributed by atoms with van der Waals surface area (Å²) >= 11 is 0.931. The highest BCUT2D eigenvalue weighted by Gasteiger charge is 2.26. The fraction of sp³-hybridized carbons (Fsp3) is 0.263. The van der Waals surface area contributed by atoms with Crippen molar-refractivity contribution in [2.24, 2.45) is 0 Å². The van der Waals surface area contributed by atoms with Crippen LogP contribution in [0.25, 0.3) is 0 Å². The van der Waals surface area contributed by atoms with Crippen molar-refractivity contribution in [2.45, 2.75) is 13.8 Å². The van der Waals surface area contributed by atoms with Gasteiger partial charge in [-0.25, -0.2) is 9.59 Å². The molecular weight excluding hydrogens is 384 g/mol. The van der Waals surface area contributed by atoms with Crippen LogP contribution < -0.4 is 10.6 Å². The Balaban J connectivity index is 2.21. The van der Waals surface area contributed by atoms with E-state index in [4.69, 9.17) is 9.47 Å². The molecule has 0 fully saturated rings. The summed E-state index contributed by atoms with van der Waals surface area (Å²) in [6.07, 6.45) is 0. The number of carbonyl (C=O) groups excluding carboxylic acids is 4. The van der Waals surface area contributed by atoms with Gasteiger partial charge in [-0.3, -0.25) is 9.59 Å². The van der Waals surface area contributed by atoms with Crippen LogP contribution in [-0.2, 0) is 14.3 Å². The van der Waals surface area contributed by atoms with E-state index in [9.17, 15) is 19.2 Å². The number of amides is 1. The van der Waals surface area contributed by atoms with Gasteiger partial charge in [-0.1, -0.05) is 12.1 Å². The maximum Gasteiger partial charge on any atom is 0.348 e. The number of hydrogen-bond acceptors (Lipinski definition) is 8. The van der Waals surface area contributed by atoms with Crippen LogP contribution in [0, 0.1) is 6.92 Å². The topological polar surface area (TPSA) is 111 Å². The molecule has 0 radical (unpaired) electrons. The van der Waals surface area contributed by atoms with Crippen molar-refractivity contribution >= 4 is 45.7 Å². The fourth-order valence-electron chi connectivity index (χ4n) is 2.53. The number of Topliss-reactive ketones (excluding diaryl/α,β-unsaturated/α-hetero) is 1. The maximum absolute atomic E-state index is 12.4. The molecule has 1 aromatic carbocycles. The van der Waals surface area contributed by atoms with Gasteiger partial charge in [0.15, 0.2) is 5.78 Å². The second kappa shape index (κ2) is 9.14. The minimum atomic E-state index is -0.672. The van der Waals surface area contributed by atoms with E-state index in [0.717, 1.165) is 11.3 Å². The van der Waals surface area contributed by atoms with Crippen LogP contribution >= 0.6 is 11.3 Å². The minimum Gasteiger partial charge on any atom is -0.465 e. The van der Waals surface area contributed by atoms with Crippen LogP contribution in [0.5, 0.6) is 0 Å². The Kier molecular flexibility index (Phi) is 6.89. The molecule has 9 heteroatoms. The molecule has 2 rings (SSSR count). The number of ether oxygens (including phenoxy) is 2. The molecule has 0 aliphatic rings. The highest BCUT2D eigenvalue weighted by Crippen LogP contribution is 2.34. The Morgan fingerprint density at radius 3 is 2.29 bits per heavy atom. The van der Waals surface area contributed by atoms with E-state index in [0.29, 0.717) is 16.8 Å². The molecule has 2 aromatic rings. The van der Waals surface area contributed by atoms with Crippen LogP contribution in [0.3, 0.4) is 0 Å². The first-order valence-electron chi connectivity index (χ1n) is 8.23. The molecule has 2 N–H and O–H groups in total. The van der Waals surface area contributed by atoms with Gasteiger partial charge in [0.2, 0.25) is 5.91 Å². The van der Waals surface area contributed by atoms with E-state index < -0.39 is 17.8 Å². The van der Waals surface area contributed by atoms with E-state index in [1.54, 1.807) is 31.2 Å². The molecule has 148 valence electrons. The van der Waals surface area contributed by atoms with Gasteiger partial charge in [0, 0.05) is 11.3 Å². The molecule has 1 aromatic heterocycles. The van der Waals surface area contributed by atoms with E-state index in [1.165, 1.54) is 21.1 Å². The standard InChI is InChI=1S/C19H20N2O6S/c1-10-15(18(24)26-3)17(28-16(10)19(25)27-4)21-14(23)9-20-13-8-6-5-7-12(13)11(2)22/h5-8,20H,9H2,1-4H3,(H,21,23). The second-order valence-electron chi connectivity index (χ2n) is 5.75. The van der Waals surface area contributed by atoms with Gasteiger partial charge in [-0.2, -0.15) is 0 Å². The number of anilines is 2. The van der Waals surface area contributed by atoms with Crippen molar-refractivity contribution in [1.29, 1.82) is 0 Å². The highest BCUT2D eigenvalue weighted by atomic mass is 32.1. The zero-order valence-electron chi connectivity index (χ0n) is 15.9. The summed E-state index contributed by atoms with van der Waals surface area (Å²) < 4.78 is 9.46. The summed E-state index contributed by atoms with van der Waals surface area (Å²) in [4.78, 5) is 48.2. The van der Waals surface area contributed by atoms with Gasteiger partial charge in [0.25, 0.3) is 0 Å². The molecule has 0 spiro atoms. The summed E-state index contributed by atoms with van der Waals surface area (Å²) in [5.74, 6) is -1.87. The minimum absolute atomic E-state index is 0.102. The van der Waals surface area contributed by atoms with Gasteiger partial charge in [0.1, 0.15) is 9.88 Å². The lowest BCUT2D eigenvalue weighted by molar-refractivity contribution is -0.114. The number of methoxy groups -OCH3 is 2. The third kappa shape index (κ3) is 4.55.